The number of carbonyl (C=O) groups excluding carboxylic acids is 1. The minimum Gasteiger partial charge on any atom is -0.459 e. The molecule has 0 radical (unpaired) electrons. The Bertz CT molecular complexity index is 626. The molecule has 2 saturated carbocycles. The standard InChI is InChI=1S/C22H36O5/c1-8-21(6,25)15-12-14-20(5)11-9-10-19(3,4)17(20)16(26-13(2)23)18(24)22(14,7)27-15/h8,14-18,24-25H,1,9-12H2,2-7H3/t14-,15+,16+,17+,18+,20+,21+,22-/m1/s1. The number of carbonyl (C=O) groups is 1. The van der Waals surface area contributed by atoms with Crippen molar-refractivity contribution in [3.8, 4) is 0 Å². The maximum atomic E-state index is 11.9. The molecule has 0 bridgehead atoms. The van der Waals surface area contributed by atoms with Gasteiger partial charge in [0.25, 0.3) is 0 Å². The van der Waals surface area contributed by atoms with Crippen LogP contribution >= 0.6 is 0 Å². The lowest BCUT2D eigenvalue weighted by Gasteiger charge is -2.63. The highest BCUT2D eigenvalue weighted by Crippen LogP contribution is 2.66. The first-order valence-electron chi connectivity index (χ1n) is 10.2. The van der Waals surface area contributed by atoms with Crippen molar-refractivity contribution in [1.82, 2.24) is 0 Å². The Morgan fingerprint density at radius 2 is 1.93 bits per heavy atom. The second kappa shape index (κ2) is 6.30. The Kier molecular flexibility index (Phi) is 4.85. The van der Waals surface area contributed by atoms with E-state index in [1.165, 1.54) is 13.0 Å². The lowest BCUT2D eigenvalue weighted by atomic mass is 9.44. The summed E-state index contributed by atoms with van der Waals surface area (Å²) < 4.78 is 12.1. The molecule has 154 valence electrons. The van der Waals surface area contributed by atoms with Crippen LogP contribution in [0.1, 0.15) is 67.2 Å². The summed E-state index contributed by atoms with van der Waals surface area (Å²) in [4.78, 5) is 11.9. The van der Waals surface area contributed by atoms with Crippen LogP contribution < -0.4 is 0 Å². The zero-order valence-corrected chi connectivity index (χ0v) is 17.6. The highest BCUT2D eigenvalue weighted by molar-refractivity contribution is 5.66. The summed E-state index contributed by atoms with van der Waals surface area (Å²) in [5.41, 5.74) is -2.26. The number of rotatable bonds is 3. The van der Waals surface area contributed by atoms with E-state index in [1.54, 1.807) is 6.92 Å². The normalized spacial score (nSPS) is 48.1. The number of fused-ring (bicyclic) bond motifs is 3. The third kappa shape index (κ3) is 2.97. The van der Waals surface area contributed by atoms with Gasteiger partial charge in [-0.15, -0.1) is 6.58 Å². The van der Waals surface area contributed by atoms with E-state index in [4.69, 9.17) is 9.47 Å². The molecule has 27 heavy (non-hydrogen) atoms. The molecule has 0 aromatic heterocycles. The lowest BCUT2D eigenvalue weighted by molar-refractivity contribution is -0.267. The Labute approximate surface area is 163 Å². The summed E-state index contributed by atoms with van der Waals surface area (Å²) in [6, 6.07) is 0. The first-order chi connectivity index (χ1) is 12.3. The van der Waals surface area contributed by atoms with E-state index in [2.05, 4.69) is 27.4 Å². The Balaban J connectivity index is 2.10. The van der Waals surface area contributed by atoms with Crippen LogP contribution in [-0.2, 0) is 14.3 Å². The molecule has 3 rings (SSSR count). The van der Waals surface area contributed by atoms with E-state index in [0.717, 1.165) is 19.3 Å². The SMILES string of the molecule is C=C[C@](C)(O)[C@@H]1C[C@@H]2[C@]3(C)CCCC(C)(C)[C@@H]3[C@H](OC(C)=O)[C@H](O)[C@]2(C)O1. The highest BCUT2D eigenvalue weighted by Gasteiger charge is 2.70. The minimum atomic E-state index is -1.17. The fourth-order valence-corrected chi connectivity index (χ4v) is 6.75. The van der Waals surface area contributed by atoms with Crippen molar-refractivity contribution in [2.45, 2.75) is 96.7 Å². The highest BCUT2D eigenvalue weighted by atomic mass is 16.6. The first-order valence-corrected chi connectivity index (χ1v) is 10.2. The first kappa shape index (κ1) is 20.8. The summed E-state index contributed by atoms with van der Waals surface area (Å²) in [5.74, 6) is -0.281. The van der Waals surface area contributed by atoms with Gasteiger partial charge in [-0.3, -0.25) is 4.79 Å². The van der Waals surface area contributed by atoms with Gasteiger partial charge in [-0.2, -0.15) is 0 Å². The third-order valence-corrected chi connectivity index (χ3v) is 8.02. The zero-order chi connectivity index (χ0) is 20.4. The smallest absolute Gasteiger partial charge is 0.303 e. The maximum Gasteiger partial charge on any atom is 0.303 e. The van der Waals surface area contributed by atoms with Gasteiger partial charge >= 0.3 is 5.97 Å². The van der Waals surface area contributed by atoms with Gasteiger partial charge in [-0.1, -0.05) is 33.3 Å². The predicted molar refractivity (Wildman–Crippen MR) is 103 cm³/mol. The molecule has 5 heteroatoms. The quantitative estimate of drug-likeness (QED) is 0.581. The molecule has 8 atom stereocenters. The van der Waals surface area contributed by atoms with Crippen molar-refractivity contribution in [2.75, 3.05) is 0 Å². The van der Waals surface area contributed by atoms with Gasteiger partial charge < -0.3 is 19.7 Å². The van der Waals surface area contributed by atoms with Crippen LogP contribution in [0.3, 0.4) is 0 Å². The van der Waals surface area contributed by atoms with Crippen molar-refractivity contribution in [1.29, 1.82) is 0 Å². The summed E-state index contributed by atoms with van der Waals surface area (Å²) >= 11 is 0. The number of esters is 1. The van der Waals surface area contributed by atoms with Gasteiger partial charge in [0.15, 0.2) is 0 Å². The number of aliphatic hydroxyl groups excluding tert-OH is 1. The summed E-state index contributed by atoms with van der Waals surface area (Å²) in [7, 11) is 0. The van der Waals surface area contributed by atoms with E-state index in [1.807, 2.05) is 6.92 Å². The van der Waals surface area contributed by atoms with Gasteiger partial charge in [0.1, 0.15) is 17.8 Å². The molecule has 0 aromatic rings. The Hall–Kier alpha value is -0.910. The second-order valence-electron chi connectivity index (χ2n) is 10.4. The average Bonchev–Trinajstić information content (AvgIpc) is 2.92. The molecule has 1 saturated heterocycles. The Morgan fingerprint density at radius 3 is 2.48 bits per heavy atom. The molecule has 1 aliphatic heterocycles. The largest absolute Gasteiger partial charge is 0.459 e. The maximum absolute atomic E-state index is 11.9. The number of hydrogen-bond donors (Lipinski definition) is 2. The van der Waals surface area contributed by atoms with Crippen LogP contribution in [0.15, 0.2) is 12.7 Å². The Morgan fingerprint density at radius 1 is 1.30 bits per heavy atom. The third-order valence-electron chi connectivity index (χ3n) is 8.02. The van der Waals surface area contributed by atoms with Gasteiger partial charge in [-0.25, -0.2) is 0 Å². The topological polar surface area (TPSA) is 76.0 Å². The molecular formula is C22H36O5. The fourth-order valence-electron chi connectivity index (χ4n) is 6.75. The predicted octanol–water partition coefficient (Wildman–Crippen LogP) is 3.23. The monoisotopic (exact) mass is 380 g/mol. The van der Waals surface area contributed by atoms with Crippen molar-refractivity contribution in [3.05, 3.63) is 12.7 Å². The molecule has 5 nitrogen and oxygen atoms in total. The summed E-state index contributed by atoms with van der Waals surface area (Å²) in [6.07, 6.45) is 3.30. The van der Waals surface area contributed by atoms with E-state index in [9.17, 15) is 15.0 Å². The molecule has 0 spiro atoms. The van der Waals surface area contributed by atoms with Crippen molar-refractivity contribution in [3.63, 3.8) is 0 Å². The minimum absolute atomic E-state index is 0.0340. The van der Waals surface area contributed by atoms with E-state index in [0.29, 0.717) is 6.42 Å². The van der Waals surface area contributed by atoms with Gasteiger partial charge in [0.05, 0.1) is 11.7 Å². The molecule has 0 amide bonds. The van der Waals surface area contributed by atoms with Gasteiger partial charge in [0.2, 0.25) is 0 Å². The van der Waals surface area contributed by atoms with Crippen molar-refractivity contribution in [2.24, 2.45) is 22.7 Å². The van der Waals surface area contributed by atoms with Gasteiger partial charge in [0, 0.05) is 12.8 Å². The molecule has 2 aliphatic carbocycles. The van der Waals surface area contributed by atoms with Crippen LogP contribution in [0, 0.1) is 22.7 Å². The average molecular weight is 381 g/mol. The second-order valence-corrected chi connectivity index (χ2v) is 10.4. The molecule has 0 unspecified atom stereocenters. The fraction of sp³-hybridized carbons (Fsp3) is 0.864. The zero-order valence-electron chi connectivity index (χ0n) is 17.6. The molecule has 2 N–H and O–H groups in total. The molecule has 3 aliphatic rings. The van der Waals surface area contributed by atoms with E-state index >= 15 is 0 Å². The number of aliphatic hydroxyl groups is 2. The summed E-state index contributed by atoms with van der Waals surface area (Å²) in [6.45, 7) is 15.5. The van der Waals surface area contributed by atoms with Crippen LogP contribution in [0.2, 0.25) is 0 Å². The molecule has 1 heterocycles. The van der Waals surface area contributed by atoms with Crippen LogP contribution in [-0.4, -0.2) is 45.7 Å². The number of hydrogen-bond acceptors (Lipinski definition) is 5. The summed E-state index contributed by atoms with van der Waals surface area (Å²) in [5, 5.41) is 22.1. The molecular weight excluding hydrogens is 344 g/mol. The molecule has 0 aromatic carbocycles. The van der Waals surface area contributed by atoms with Crippen LogP contribution in [0.4, 0.5) is 0 Å². The van der Waals surface area contributed by atoms with Crippen LogP contribution in [0.25, 0.3) is 0 Å². The van der Waals surface area contributed by atoms with E-state index < -0.39 is 29.5 Å². The van der Waals surface area contributed by atoms with E-state index in [-0.39, 0.29) is 28.6 Å². The van der Waals surface area contributed by atoms with Crippen molar-refractivity contribution >= 4 is 5.97 Å². The van der Waals surface area contributed by atoms with Gasteiger partial charge in [-0.05, 0) is 49.9 Å². The van der Waals surface area contributed by atoms with Crippen LogP contribution in [0.5, 0.6) is 0 Å². The molecule has 3 fully saturated rings. The lowest BCUT2D eigenvalue weighted by Crippen LogP contribution is -2.69. The van der Waals surface area contributed by atoms with Crippen molar-refractivity contribution < 1.29 is 24.5 Å². The number of ether oxygens (including phenoxy) is 2.